The molecule has 0 atom stereocenters. The number of benzene rings is 1. The number of ether oxygens (including phenoxy) is 1. The van der Waals surface area contributed by atoms with Gasteiger partial charge in [-0.15, -0.1) is 0 Å². The van der Waals surface area contributed by atoms with Gasteiger partial charge in [0.15, 0.2) is 5.78 Å². The number of ketones is 1. The fourth-order valence-electron chi connectivity index (χ4n) is 2.48. The molecule has 0 saturated heterocycles. The quantitative estimate of drug-likeness (QED) is 0.670. The Labute approximate surface area is 141 Å². The number of rotatable bonds is 5. The molecular formula is C20H18N2O2. The maximum atomic E-state index is 12.4. The Kier molecular flexibility index (Phi) is 4.66. The molecule has 0 aliphatic heterocycles. The van der Waals surface area contributed by atoms with E-state index in [9.17, 15) is 4.79 Å². The Hall–Kier alpha value is -3.01. The smallest absolute Gasteiger partial charge is 0.185 e. The van der Waals surface area contributed by atoms with Gasteiger partial charge < -0.3 is 4.74 Å². The summed E-state index contributed by atoms with van der Waals surface area (Å²) in [5.74, 6) is 0.807. The molecule has 2 aromatic heterocycles. The Balaban J connectivity index is 1.81. The van der Waals surface area contributed by atoms with Gasteiger partial charge in [-0.05, 0) is 61.0 Å². The summed E-state index contributed by atoms with van der Waals surface area (Å²) in [6, 6.07) is 17.0. The summed E-state index contributed by atoms with van der Waals surface area (Å²) < 4.78 is 5.17. The molecular weight excluding hydrogens is 300 g/mol. The lowest BCUT2D eigenvalue weighted by Gasteiger charge is -2.06. The number of pyridine rings is 2. The Morgan fingerprint density at radius 3 is 2.58 bits per heavy atom. The zero-order valence-electron chi connectivity index (χ0n) is 13.7. The summed E-state index contributed by atoms with van der Waals surface area (Å²) in [6.07, 6.45) is 2.04. The summed E-state index contributed by atoms with van der Waals surface area (Å²) in [5.41, 5.74) is 4.08. The van der Waals surface area contributed by atoms with Gasteiger partial charge in [0, 0.05) is 23.9 Å². The third-order valence-electron chi connectivity index (χ3n) is 3.75. The molecule has 4 nitrogen and oxygen atoms in total. The predicted molar refractivity (Wildman–Crippen MR) is 93.2 cm³/mol. The minimum Gasteiger partial charge on any atom is -0.497 e. The van der Waals surface area contributed by atoms with Gasteiger partial charge in [0.2, 0.25) is 0 Å². The molecule has 3 aromatic rings. The monoisotopic (exact) mass is 318 g/mol. The van der Waals surface area contributed by atoms with E-state index in [1.54, 1.807) is 19.4 Å². The van der Waals surface area contributed by atoms with Crippen LogP contribution < -0.4 is 4.74 Å². The number of methoxy groups -OCH3 is 1. The van der Waals surface area contributed by atoms with E-state index in [2.05, 4.69) is 9.97 Å². The van der Waals surface area contributed by atoms with E-state index in [-0.39, 0.29) is 5.78 Å². The number of carbonyl (C=O) groups is 1. The van der Waals surface area contributed by atoms with Gasteiger partial charge in [-0.25, -0.2) is 0 Å². The minimum atomic E-state index is 0.00517. The molecule has 0 bridgehead atoms. The number of hydrogen-bond acceptors (Lipinski definition) is 4. The van der Waals surface area contributed by atoms with E-state index in [1.165, 1.54) is 0 Å². The zero-order valence-corrected chi connectivity index (χ0v) is 13.7. The van der Waals surface area contributed by atoms with Crippen LogP contribution in [0, 0.1) is 6.92 Å². The normalized spacial score (nSPS) is 10.4. The van der Waals surface area contributed by atoms with Gasteiger partial charge in [0.1, 0.15) is 11.4 Å². The van der Waals surface area contributed by atoms with Crippen molar-refractivity contribution >= 4 is 5.78 Å². The fraction of sp³-hybridized carbons (Fsp3) is 0.150. The predicted octanol–water partition coefficient (Wildman–Crippen LogP) is 3.89. The van der Waals surface area contributed by atoms with Crippen molar-refractivity contribution in [2.45, 2.75) is 13.3 Å². The highest BCUT2D eigenvalue weighted by atomic mass is 16.5. The van der Waals surface area contributed by atoms with Crippen LogP contribution in [-0.4, -0.2) is 22.9 Å². The first kappa shape index (κ1) is 15.9. The molecule has 0 saturated carbocycles. The molecule has 0 unspecified atom stereocenters. The molecule has 4 heteroatoms. The molecule has 0 radical (unpaired) electrons. The summed E-state index contributed by atoms with van der Waals surface area (Å²) >= 11 is 0. The third kappa shape index (κ3) is 3.66. The standard InChI is InChI=1S/C20H18N2O2/c1-14-4-3-5-18(22-14)20(23)13-15-10-11-21-19(12-15)16-6-8-17(24-2)9-7-16/h3-12H,13H2,1-2H3. The van der Waals surface area contributed by atoms with E-state index in [0.29, 0.717) is 12.1 Å². The molecule has 0 N–H and O–H groups in total. The van der Waals surface area contributed by atoms with E-state index in [1.807, 2.05) is 55.5 Å². The Morgan fingerprint density at radius 2 is 1.88 bits per heavy atom. The molecule has 0 amide bonds. The van der Waals surface area contributed by atoms with Crippen molar-refractivity contribution in [3.8, 4) is 17.0 Å². The first-order chi connectivity index (χ1) is 11.7. The van der Waals surface area contributed by atoms with E-state index >= 15 is 0 Å². The van der Waals surface area contributed by atoms with Gasteiger partial charge in [-0.3, -0.25) is 14.8 Å². The van der Waals surface area contributed by atoms with Crippen LogP contribution in [0.4, 0.5) is 0 Å². The first-order valence-corrected chi connectivity index (χ1v) is 7.72. The molecule has 3 rings (SSSR count). The highest BCUT2D eigenvalue weighted by Crippen LogP contribution is 2.21. The largest absolute Gasteiger partial charge is 0.497 e. The van der Waals surface area contributed by atoms with Crippen molar-refractivity contribution in [1.29, 1.82) is 0 Å². The van der Waals surface area contributed by atoms with Crippen molar-refractivity contribution in [2.75, 3.05) is 7.11 Å². The van der Waals surface area contributed by atoms with Crippen LogP contribution in [0.2, 0.25) is 0 Å². The molecule has 0 spiro atoms. The molecule has 120 valence electrons. The maximum Gasteiger partial charge on any atom is 0.185 e. The zero-order chi connectivity index (χ0) is 16.9. The highest BCUT2D eigenvalue weighted by Gasteiger charge is 2.10. The maximum absolute atomic E-state index is 12.4. The number of aryl methyl sites for hydroxylation is 1. The molecule has 0 fully saturated rings. The van der Waals surface area contributed by atoms with Crippen LogP contribution in [0.5, 0.6) is 5.75 Å². The first-order valence-electron chi connectivity index (χ1n) is 7.72. The van der Waals surface area contributed by atoms with Crippen LogP contribution in [0.3, 0.4) is 0 Å². The van der Waals surface area contributed by atoms with Crippen molar-refractivity contribution < 1.29 is 9.53 Å². The average molecular weight is 318 g/mol. The van der Waals surface area contributed by atoms with Crippen LogP contribution >= 0.6 is 0 Å². The van der Waals surface area contributed by atoms with Crippen LogP contribution in [0.15, 0.2) is 60.8 Å². The van der Waals surface area contributed by atoms with Gasteiger partial charge in [-0.1, -0.05) is 6.07 Å². The molecule has 0 aliphatic carbocycles. The van der Waals surface area contributed by atoms with Crippen molar-refractivity contribution in [3.05, 3.63) is 77.7 Å². The number of hydrogen-bond donors (Lipinski definition) is 0. The van der Waals surface area contributed by atoms with E-state index < -0.39 is 0 Å². The van der Waals surface area contributed by atoms with Crippen LogP contribution in [-0.2, 0) is 6.42 Å². The van der Waals surface area contributed by atoms with Gasteiger partial charge in [0.05, 0.1) is 12.8 Å². The molecule has 0 aliphatic rings. The van der Waals surface area contributed by atoms with E-state index in [0.717, 1.165) is 28.3 Å². The fourth-order valence-corrected chi connectivity index (χ4v) is 2.48. The second kappa shape index (κ2) is 7.04. The summed E-state index contributed by atoms with van der Waals surface area (Å²) in [6.45, 7) is 1.88. The second-order valence-corrected chi connectivity index (χ2v) is 5.54. The number of aromatic nitrogens is 2. The number of carbonyl (C=O) groups excluding carboxylic acids is 1. The van der Waals surface area contributed by atoms with Crippen molar-refractivity contribution in [2.24, 2.45) is 0 Å². The van der Waals surface area contributed by atoms with Crippen LogP contribution in [0.25, 0.3) is 11.3 Å². The summed E-state index contributed by atoms with van der Waals surface area (Å²) in [7, 11) is 1.64. The van der Waals surface area contributed by atoms with Crippen molar-refractivity contribution in [1.82, 2.24) is 9.97 Å². The van der Waals surface area contributed by atoms with Gasteiger partial charge in [0.25, 0.3) is 0 Å². The SMILES string of the molecule is COc1ccc(-c2cc(CC(=O)c3cccc(C)n3)ccn2)cc1. The lowest BCUT2D eigenvalue weighted by Crippen LogP contribution is -2.06. The van der Waals surface area contributed by atoms with E-state index in [4.69, 9.17) is 4.74 Å². The summed E-state index contributed by atoms with van der Waals surface area (Å²) in [5, 5.41) is 0. The lowest BCUT2D eigenvalue weighted by atomic mass is 10.0. The second-order valence-electron chi connectivity index (χ2n) is 5.54. The Bertz CT molecular complexity index is 858. The van der Waals surface area contributed by atoms with Crippen molar-refractivity contribution in [3.63, 3.8) is 0 Å². The number of Topliss-reactive ketones (excluding diaryl/α,β-unsaturated/α-hetero) is 1. The molecule has 1 aromatic carbocycles. The van der Waals surface area contributed by atoms with Crippen LogP contribution in [0.1, 0.15) is 21.7 Å². The lowest BCUT2D eigenvalue weighted by molar-refractivity contribution is 0.0988. The molecule has 2 heterocycles. The topological polar surface area (TPSA) is 52.1 Å². The highest BCUT2D eigenvalue weighted by molar-refractivity contribution is 5.95. The van der Waals surface area contributed by atoms with Gasteiger partial charge >= 0.3 is 0 Å². The third-order valence-corrected chi connectivity index (χ3v) is 3.75. The number of nitrogens with zero attached hydrogens (tertiary/aromatic N) is 2. The molecule has 24 heavy (non-hydrogen) atoms. The summed E-state index contributed by atoms with van der Waals surface area (Å²) in [4.78, 5) is 21.1. The van der Waals surface area contributed by atoms with Gasteiger partial charge in [-0.2, -0.15) is 0 Å². The minimum absolute atomic E-state index is 0.00517. The Morgan fingerprint density at radius 1 is 1.08 bits per heavy atom. The average Bonchev–Trinajstić information content (AvgIpc) is 2.62.